The number of nitriles is 1. The number of hydrogen-bond donors (Lipinski definition) is 3. The van der Waals surface area contributed by atoms with Crippen molar-refractivity contribution < 1.29 is 8.78 Å². The van der Waals surface area contributed by atoms with Gasteiger partial charge in [-0.1, -0.05) is 22.9 Å². The first kappa shape index (κ1) is 21.6. The number of anilines is 3. The maximum absolute atomic E-state index is 16.1. The number of nitrogens with two attached hydrogens (primary N) is 1. The first-order chi connectivity index (χ1) is 15.9. The van der Waals surface area contributed by atoms with Crippen LogP contribution >= 0.6 is 22.9 Å². The Labute approximate surface area is 196 Å². The summed E-state index contributed by atoms with van der Waals surface area (Å²) in [6, 6.07) is 6.50. The predicted octanol–water partition coefficient (Wildman–Crippen LogP) is 4.35. The molecule has 1 saturated heterocycles. The van der Waals surface area contributed by atoms with Crippen molar-refractivity contribution in [3.05, 3.63) is 40.4 Å². The predicted molar refractivity (Wildman–Crippen MR) is 129 cm³/mol. The van der Waals surface area contributed by atoms with Crippen molar-refractivity contribution in [3.63, 3.8) is 0 Å². The standard InChI is InChI=1S/C22H18ClF2N7S/c1-28-21-12(9-26)19(32-6-4-29-5-7-32)11-8-13(23)15(16(25)17(11)30-21)10-2-3-14(24)20-18(10)31-22(27)33-20/h2-3,8,29H,4-7H2,1H3,(H2,27,31)(H,28,30). The molecule has 4 N–H and O–H groups in total. The maximum Gasteiger partial charge on any atom is 0.181 e. The molecule has 2 aromatic heterocycles. The SMILES string of the molecule is CNc1nc2c(F)c(-c3ccc(F)c4sc(N)nc34)c(Cl)cc2c(N2CCNCC2)c1C#N. The number of halogens is 3. The number of thiazole rings is 1. The van der Waals surface area contributed by atoms with Gasteiger partial charge >= 0.3 is 0 Å². The van der Waals surface area contributed by atoms with Crippen LogP contribution in [0.4, 0.5) is 25.4 Å². The third-order valence-corrected chi connectivity index (χ3v) is 6.90. The van der Waals surface area contributed by atoms with Crippen LogP contribution in [-0.2, 0) is 0 Å². The van der Waals surface area contributed by atoms with Gasteiger partial charge in [-0.05, 0) is 18.2 Å². The molecule has 2 aromatic carbocycles. The summed E-state index contributed by atoms with van der Waals surface area (Å²) in [5, 5.41) is 16.8. The molecule has 0 spiro atoms. The van der Waals surface area contributed by atoms with Crippen LogP contribution in [0.5, 0.6) is 0 Å². The Morgan fingerprint density at radius 3 is 2.70 bits per heavy atom. The molecule has 33 heavy (non-hydrogen) atoms. The van der Waals surface area contributed by atoms with E-state index >= 15 is 4.39 Å². The van der Waals surface area contributed by atoms with Gasteiger partial charge in [0.2, 0.25) is 0 Å². The molecule has 4 aromatic rings. The normalized spacial score (nSPS) is 14.1. The number of benzene rings is 2. The highest BCUT2D eigenvalue weighted by atomic mass is 35.5. The Kier molecular flexibility index (Phi) is 5.40. The summed E-state index contributed by atoms with van der Waals surface area (Å²) in [6.07, 6.45) is 0. The molecule has 7 nitrogen and oxygen atoms in total. The van der Waals surface area contributed by atoms with E-state index in [0.717, 1.165) is 24.4 Å². The highest BCUT2D eigenvalue weighted by Crippen LogP contribution is 2.44. The van der Waals surface area contributed by atoms with E-state index in [1.165, 1.54) is 12.1 Å². The lowest BCUT2D eigenvalue weighted by molar-refractivity contribution is 0.590. The van der Waals surface area contributed by atoms with Crippen molar-refractivity contribution in [2.75, 3.05) is 49.2 Å². The molecule has 1 aliphatic heterocycles. The maximum atomic E-state index is 16.1. The average Bonchev–Trinajstić information content (AvgIpc) is 3.22. The van der Waals surface area contributed by atoms with Gasteiger partial charge < -0.3 is 21.3 Å². The molecule has 1 fully saturated rings. The Morgan fingerprint density at radius 2 is 2.00 bits per heavy atom. The van der Waals surface area contributed by atoms with Gasteiger partial charge in [0.15, 0.2) is 10.9 Å². The lowest BCUT2D eigenvalue weighted by Gasteiger charge is -2.31. The molecule has 0 atom stereocenters. The fourth-order valence-corrected chi connectivity index (χ4v) is 5.32. The Morgan fingerprint density at radius 1 is 1.24 bits per heavy atom. The number of fused-ring (bicyclic) bond motifs is 2. The zero-order valence-electron chi connectivity index (χ0n) is 17.5. The minimum Gasteiger partial charge on any atom is -0.375 e. The van der Waals surface area contributed by atoms with Gasteiger partial charge in [-0.2, -0.15) is 5.26 Å². The third kappa shape index (κ3) is 3.40. The first-order valence-electron chi connectivity index (χ1n) is 10.2. The second kappa shape index (κ2) is 8.26. The minimum absolute atomic E-state index is 0.0602. The van der Waals surface area contributed by atoms with Crippen molar-refractivity contribution in [2.24, 2.45) is 0 Å². The number of aromatic nitrogens is 2. The van der Waals surface area contributed by atoms with E-state index in [-0.39, 0.29) is 37.3 Å². The summed E-state index contributed by atoms with van der Waals surface area (Å²) < 4.78 is 30.7. The van der Waals surface area contributed by atoms with Gasteiger partial charge in [-0.3, -0.25) is 0 Å². The van der Waals surface area contributed by atoms with Crippen LogP contribution < -0.4 is 21.3 Å². The van der Waals surface area contributed by atoms with Gasteiger partial charge in [0.1, 0.15) is 28.8 Å². The smallest absolute Gasteiger partial charge is 0.181 e. The highest BCUT2D eigenvalue weighted by molar-refractivity contribution is 7.22. The van der Waals surface area contributed by atoms with E-state index in [9.17, 15) is 9.65 Å². The van der Waals surface area contributed by atoms with Crippen molar-refractivity contribution in [1.29, 1.82) is 5.26 Å². The number of nitrogens with zero attached hydrogens (tertiary/aromatic N) is 4. The fraction of sp³-hybridized carbons (Fsp3) is 0.227. The molecule has 0 unspecified atom stereocenters. The summed E-state index contributed by atoms with van der Waals surface area (Å²) in [4.78, 5) is 10.7. The van der Waals surface area contributed by atoms with Gasteiger partial charge in [0.05, 0.1) is 20.9 Å². The highest BCUT2D eigenvalue weighted by Gasteiger charge is 2.27. The average molecular weight is 486 g/mol. The molecule has 3 heterocycles. The summed E-state index contributed by atoms with van der Waals surface area (Å²) in [6.45, 7) is 2.76. The van der Waals surface area contributed by atoms with E-state index in [1.54, 1.807) is 13.1 Å². The summed E-state index contributed by atoms with van der Waals surface area (Å²) >= 11 is 7.61. The largest absolute Gasteiger partial charge is 0.375 e. The molecule has 168 valence electrons. The van der Waals surface area contributed by atoms with Crippen molar-refractivity contribution in [3.8, 4) is 17.2 Å². The van der Waals surface area contributed by atoms with E-state index in [2.05, 4.69) is 26.7 Å². The van der Waals surface area contributed by atoms with Crippen molar-refractivity contribution in [2.45, 2.75) is 0 Å². The molecule has 0 amide bonds. The Hall–Kier alpha value is -3.26. The molecule has 0 aliphatic carbocycles. The van der Waals surface area contributed by atoms with Crippen LogP contribution in [0.3, 0.4) is 0 Å². The van der Waals surface area contributed by atoms with E-state index in [0.29, 0.717) is 35.3 Å². The number of nitrogens with one attached hydrogen (secondary N) is 2. The minimum atomic E-state index is -0.672. The fourth-order valence-electron chi connectivity index (χ4n) is 4.26. The van der Waals surface area contributed by atoms with Crippen LogP contribution in [0, 0.1) is 23.0 Å². The topological polar surface area (TPSA) is 103 Å². The van der Waals surface area contributed by atoms with E-state index in [1.807, 2.05) is 4.90 Å². The summed E-state index contributed by atoms with van der Waals surface area (Å²) in [7, 11) is 1.63. The van der Waals surface area contributed by atoms with Crippen LogP contribution in [0.25, 0.3) is 32.2 Å². The van der Waals surface area contributed by atoms with Gasteiger partial charge in [-0.25, -0.2) is 18.7 Å². The van der Waals surface area contributed by atoms with Gasteiger partial charge in [0, 0.05) is 49.7 Å². The molecule has 11 heteroatoms. The van der Waals surface area contributed by atoms with Crippen molar-refractivity contribution >= 4 is 60.7 Å². The molecule has 5 rings (SSSR count). The summed E-state index contributed by atoms with van der Waals surface area (Å²) in [5.74, 6) is -0.891. The lowest BCUT2D eigenvalue weighted by atomic mass is 9.99. The zero-order chi connectivity index (χ0) is 23.3. The quantitative estimate of drug-likeness (QED) is 0.396. The summed E-state index contributed by atoms with van der Waals surface area (Å²) in [5.41, 5.74) is 7.39. The number of piperazine rings is 1. The number of pyridine rings is 1. The third-order valence-electron chi connectivity index (χ3n) is 5.71. The van der Waals surface area contributed by atoms with E-state index in [4.69, 9.17) is 17.3 Å². The van der Waals surface area contributed by atoms with Crippen LogP contribution in [0.1, 0.15) is 5.56 Å². The lowest BCUT2D eigenvalue weighted by Crippen LogP contribution is -2.44. The molecular weight excluding hydrogens is 468 g/mol. The van der Waals surface area contributed by atoms with Gasteiger partial charge in [-0.15, -0.1) is 0 Å². The molecular formula is C22H18ClF2N7S. The molecule has 0 bridgehead atoms. The zero-order valence-corrected chi connectivity index (χ0v) is 19.0. The van der Waals surface area contributed by atoms with Crippen LogP contribution in [0.15, 0.2) is 18.2 Å². The Balaban J connectivity index is 1.85. The molecule has 0 saturated carbocycles. The van der Waals surface area contributed by atoms with E-state index < -0.39 is 11.6 Å². The number of hydrogen-bond acceptors (Lipinski definition) is 8. The van der Waals surface area contributed by atoms with Crippen LogP contribution in [0.2, 0.25) is 5.02 Å². The first-order valence-corrected chi connectivity index (χ1v) is 11.4. The number of nitrogen functional groups attached to an aromatic ring is 1. The second-order valence-corrected chi connectivity index (χ2v) is 8.99. The second-order valence-electron chi connectivity index (χ2n) is 7.55. The van der Waals surface area contributed by atoms with Crippen molar-refractivity contribution in [1.82, 2.24) is 15.3 Å². The van der Waals surface area contributed by atoms with Crippen LogP contribution in [-0.4, -0.2) is 43.2 Å². The van der Waals surface area contributed by atoms with Gasteiger partial charge in [0.25, 0.3) is 0 Å². The number of rotatable bonds is 3. The molecule has 1 aliphatic rings. The molecule has 0 radical (unpaired) electrons. The monoisotopic (exact) mass is 485 g/mol. The Bertz CT molecular complexity index is 1460.